The predicted molar refractivity (Wildman–Crippen MR) is 95.9 cm³/mol. The van der Waals surface area contributed by atoms with Gasteiger partial charge in [0.15, 0.2) is 11.5 Å². The summed E-state index contributed by atoms with van der Waals surface area (Å²) in [5.74, 6) is -0.0308. The molecule has 130 valence electrons. The zero-order chi connectivity index (χ0) is 16.8. The zero-order valence-electron chi connectivity index (χ0n) is 13.4. The van der Waals surface area contributed by atoms with Crippen molar-refractivity contribution in [3.05, 3.63) is 34.3 Å². The minimum Gasteiger partial charge on any atom is -0.504 e. The van der Waals surface area contributed by atoms with E-state index in [0.29, 0.717) is 33.6 Å². The molecule has 0 aliphatic carbocycles. The Balaban J connectivity index is 0.00000288. The topological polar surface area (TPSA) is 93.0 Å². The number of halogens is 1. The van der Waals surface area contributed by atoms with E-state index < -0.39 is 5.97 Å². The fourth-order valence-electron chi connectivity index (χ4n) is 1.80. The second-order valence-corrected chi connectivity index (χ2v) is 5.42. The highest BCUT2D eigenvalue weighted by Gasteiger charge is 2.16. The third kappa shape index (κ3) is 4.59. The highest BCUT2D eigenvalue weighted by Crippen LogP contribution is 2.28. The zero-order valence-corrected chi connectivity index (χ0v) is 15.0. The number of rotatable bonds is 6. The number of aryl methyl sites for hydroxylation is 1. The maximum Gasteiger partial charge on any atom is 0.350 e. The first-order valence-electron chi connectivity index (χ1n) is 6.86. The number of esters is 1. The Labute approximate surface area is 149 Å². The number of carbonyl (C=O) groups excluding carboxylic acids is 1. The van der Waals surface area contributed by atoms with Crippen molar-refractivity contribution >= 4 is 41.1 Å². The van der Waals surface area contributed by atoms with Crippen LogP contribution in [0.25, 0.3) is 0 Å². The van der Waals surface area contributed by atoms with Crippen molar-refractivity contribution in [3.63, 3.8) is 0 Å². The van der Waals surface area contributed by atoms with E-state index in [1.54, 1.807) is 32.0 Å². The number of methoxy groups -OCH3 is 1. The molecule has 7 nitrogen and oxygen atoms in total. The summed E-state index contributed by atoms with van der Waals surface area (Å²) in [5, 5.41) is 14.4. The largest absolute Gasteiger partial charge is 0.504 e. The highest BCUT2D eigenvalue weighted by molar-refractivity contribution is 7.17. The van der Waals surface area contributed by atoms with E-state index in [1.807, 2.05) is 0 Å². The van der Waals surface area contributed by atoms with Gasteiger partial charge in [0.25, 0.3) is 0 Å². The monoisotopic (exact) mass is 371 g/mol. The van der Waals surface area contributed by atoms with Crippen LogP contribution in [-0.2, 0) is 4.74 Å². The van der Waals surface area contributed by atoms with Gasteiger partial charge in [-0.05, 0) is 26.0 Å². The average Bonchev–Trinajstić information content (AvgIpc) is 2.90. The standard InChI is InChI=1S/C15H17N3O4S.ClH/c1-4-22-14(20)13-9(2)17-15(23-13)18-16-8-10-6-5-7-11(21-3)12(10)19;/h5-8,19H,4H2,1-3H3,(H,17,18);1H/b16-8+;. The van der Waals surface area contributed by atoms with Gasteiger partial charge in [0.2, 0.25) is 5.13 Å². The van der Waals surface area contributed by atoms with Gasteiger partial charge in [-0.15, -0.1) is 12.4 Å². The molecule has 0 unspecified atom stereocenters. The smallest absolute Gasteiger partial charge is 0.350 e. The molecule has 1 aromatic carbocycles. The molecule has 0 amide bonds. The average molecular weight is 372 g/mol. The van der Waals surface area contributed by atoms with Crippen LogP contribution in [0.15, 0.2) is 23.3 Å². The van der Waals surface area contributed by atoms with Crippen molar-refractivity contribution in [2.75, 3.05) is 19.1 Å². The summed E-state index contributed by atoms with van der Waals surface area (Å²) in [6, 6.07) is 5.09. The van der Waals surface area contributed by atoms with E-state index in [0.717, 1.165) is 11.3 Å². The third-order valence-corrected chi connectivity index (χ3v) is 3.91. The summed E-state index contributed by atoms with van der Waals surface area (Å²) >= 11 is 1.16. The Bertz CT molecular complexity index is 734. The number of phenolic OH excluding ortho intramolecular Hbond substituents is 1. The number of aromatic nitrogens is 1. The molecule has 2 rings (SSSR count). The molecular weight excluding hydrogens is 354 g/mol. The van der Waals surface area contributed by atoms with E-state index >= 15 is 0 Å². The maximum atomic E-state index is 11.7. The van der Waals surface area contributed by atoms with Crippen LogP contribution < -0.4 is 10.2 Å². The molecule has 1 heterocycles. The summed E-state index contributed by atoms with van der Waals surface area (Å²) < 4.78 is 9.98. The fraction of sp³-hybridized carbons (Fsp3) is 0.267. The number of hydrogen-bond acceptors (Lipinski definition) is 8. The van der Waals surface area contributed by atoms with Crippen LogP contribution in [0, 0.1) is 6.92 Å². The van der Waals surface area contributed by atoms with Crippen LogP contribution in [0.5, 0.6) is 11.5 Å². The molecular formula is C15H18ClN3O4S. The Morgan fingerprint density at radius 2 is 2.25 bits per heavy atom. The Morgan fingerprint density at radius 1 is 1.50 bits per heavy atom. The minimum atomic E-state index is -0.398. The number of thiazole rings is 1. The second-order valence-electron chi connectivity index (χ2n) is 4.42. The van der Waals surface area contributed by atoms with Crippen molar-refractivity contribution < 1.29 is 19.4 Å². The number of benzene rings is 1. The molecule has 24 heavy (non-hydrogen) atoms. The van der Waals surface area contributed by atoms with E-state index in [9.17, 15) is 9.90 Å². The first-order chi connectivity index (χ1) is 11.1. The van der Waals surface area contributed by atoms with Gasteiger partial charge in [0.1, 0.15) is 4.88 Å². The number of ether oxygens (including phenoxy) is 2. The predicted octanol–water partition coefficient (Wildman–Crippen LogP) is 3.21. The van der Waals surface area contributed by atoms with Crippen LogP contribution in [0.1, 0.15) is 27.9 Å². The van der Waals surface area contributed by atoms with Crippen molar-refractivity contribution in [3.8, 4) is 11.5 Å². The van der Waals surface area contributed by atoms with Crippen LogP contribution in [0.2, 0.25) is 0 Å². The lowest BCUT2D eigenvalue weighted by atomic mass is 10.2. The molecule has 0 aliphatic heterocycles. The summed E-state index contributed by atoms with van der Waals surface area (Å²) in [4.78, 5) is 16.4. The quantitative estimate of drug-likeness (QED) is 0.460. The number of para-hydroxylation sites is 1. The SMILES string of the molecule is CCOC(=O)c1sc(N/N=C/c2cccc(OC)c2O)nc1C.Cl. The third-order valence-electron chi connectivity index (χ3n) is 2.87. The summed E-state index contributed by atoms with van der Waals surface area (Å²) in [6.45, 7) is 3.79. The van der Waals surface area contributed by atoms with Crippen molar-refractivity contribution in [1.82, 2.24) is 4.98 Å². The summed E-state index contributed by atoms with van der Waals surface area (Å²) in [5.41, 5.74) is 3.81. The molecule has 2 aromatic rings. The number of nitrogens with zero attached hydrogens (tertiary/aromatic N) is 2. The Hall–Kier alpha value is -2.32. The van der Waals surface area contributed by atoms with E-state index in [-0.39, 0.29) is 18.2 Å². The van der Waals surface area contributed by atoms with Gasteiger partial charge in [-0.2, -0.15) is 5.10 Å². The number of phenols is 1. The van der Waals surface area contributed by atoms with Crippen molar-refractivity contribution in [1.29, 1.82) is 0 Å². The molecule has 0 aliphatic rings. The number of nitrogens with one attached hydrogen (secondary N) is 1. The maximum absolute atomic E-state index is 11.7. The van der Waals surface area contributed by atoms with Crippen LogP contribution >= 0.6 is 23.7 Å². The lowest BCUT2D eigenvalue weighted by Gasteiger charge is -2.04. The van der Waals surface area contributed by atoms with Gasteiger partial charge in [-0.25, -0.2) is 9.78 Å². The van der Waals surface area contributed by atoms with E-state index in [2.05, 4.69) is 15.5 Å². The molecule has 0 radical (unpaired) electrons. The van der Waals surface area contributed by atoms with Crippen molar-refractivity contribution in [2.45, 2.75) is 13.8 Å². The van der Waals surface area contributed by atoms with Gasteiger partial charge >= 0.3 is 5.97 Å². The molecule has 0 saturated carbocycles. The number of hydrogen-bond donors (Lipinski definition) is 2. The normalized spacial score (nSPS) is 10.3. The van der Waals surface area contributed by atoms with Gasteiger partial charge < -0.3 is 14.6 Å². The van der Waals surface area contributed by atoms with Gasteiger partial charge in [-0.1, -0.05) is 17.4 Å². The summed E-state index contributed by atoms with van der Waals surface area (Å²) in [7, 11) is 1.48. The molecule has 0 saturated heterocycles. The number of anilines is 1. The van der Waals surface area contributed by atoms with Crippen LogP contribution in [0.4, 0.5) is 5.13 Å². The molecule has 0 spiro atoms. The van der Waals surface area contributed by atoms with E-state index in [1.165, 1.54) is 13.3 Å². The Kier molecular flexibility index (Phi) is 7.47. The van der Waals surface area contributed by atoms with Gasteiger partial charge in [0.05, 0.1) is 25.6 Å². The number of hydrazone groups is 1. The minimum absolute atomic E-state index is 0. The molecule has 0 atom stereocenters. The lowest BCUT2D eigenvalue weighted by Crippen LogP contribution is -2.03. The summed E-state index contributed by atoms with van der Waals surface area (Å²) in [6.07, 6.45) is 1.44. The Morgan fingerprint density at radius 3 is 2.92 bits per heavy atom. The lowest BCUT2D eigenvalue weighted by molar-refractivity contribution is 0.0531. The first kappa shape index (κ1) is 19.7. The van der Waals surface area contributed by atoms with Crippen LogP contribution in [0.3, 0.4) is 0 Å². The molecule has 1 aromatic heterocycles. The molecule has 9 heteroatoms. The number of carbonyl (C=O) groups is 1. The van der Waals surface area contributed by atoms with Crippen molar-refractivity contribution in [2.24, 2.45) is 5.10 Å². The highest BCUT2D eigenvalue weighted by atomic mass is 35.5. The second kappa shape index (κ2) is 9.09. The molecule has 0 bridgehead atoms. The van der Waals surface area contributed by atoms with Gasteiger partial charge in [-0.3, -0.25) is 5.43 Å². The number of aromatic hydroxyl groups is 1. The van der Waals surface area contributed by atoms with E-state index in [4.69, 9.17) is 9.47 Å². The van der Waals surface area contributed by atoms with Crippen LogP contribution in [-0.4, -0.2) is 36.0 Å². The molecule has 2 N–H and O–H groups in total. The molecule has 0 fully saturated rings. The van der Waals surface area contributed by atoms with Gasteiger partial charge in [0, 0.05) is 5.56 Å². The fourth-order valence-corrected chi connectivity index (χ4v) is 2.61. The first-order valence-corrected chi connectivity index (χ1v) is 7.68.